The summed E-state index contributed by atoms with van der Waals surface area (Å²) in [6.07, 6.45) is 3.71. The number of aliphatic carboxylic acids is 1. The first-order valence-corrected chi connectivity index (χ1v) is 7.43. The van der Waals surface area contributed by atoms with Crippen molar-refractivity contribution in [1.29, 1.82) is 0 Å². The molecule has 1 fully saturated rings. The van der Waals surface area contributed by atoms with E-state index in [1.165, 1.54) is 19.3 Å². The molecule has 0 aromatic rings. The van der Waals surface area contributed by atoms with Crippen LogP contribution in [0.2, 0.25) is 0 Å². The molecule has 0 bridgehead atoms. The summed E-state index contributed by atoms with van der Waals surface area (Å²) in [5.41, 5.74) is 0. The van der Waals surface area contributed by atoms with E-state index < -0.39 is 18.0 Å². The molecule has 0 aliphatic carbocycles. The van der Waals surface area contributed by atoms with E-state index in [0.717, 1.165) is 13.1 Å². The molecule has 3 N–H and O–H groups in total. The molecule has 0 saturated carbocycles. The van der Waals surface area contributed by atoms with Crippen LogP contribution >= 0.6 is 0 Å². The molecule has 0 aromatic carbocycles. The van der Waals surface area contributed by atoms with E-state index in [0.29, 0.717) is 6.54 Å². The number of nitrogens with one attached hydrogen (secondary N) is 2. The van der Waals surface area contributed by atoms with Crippen LogP contribution in [0, 0.1) is 5.92 Å². The van der Waals surface area contributed by atoms with Crippen molar-refractivity contribution in [3.8, 4) is 0 Å². The maximum absolute atomic E-state index is 11.7. The van der Waals surface area contributed by atoms with Crippen LogP contribution in [0.3, 0.4) is 0 Å². The highest BCUT2D eigenvalue weighted by Gasteiger charge is 2.24. The second-order valence-corrected chi connectivity index (χ2v) is 5.86. The number of carbonyl (C=O) groups is 2. The van der Waals surface area contributed by atoms with Gasteiger partial charge in [-0.05, 0) is 38.8 Å². The molecule has 1 rings (SSSR count). The van der Waals surface area contributed by atoms with Crippen molar-refractivity contribution < 1.29 is 14.7 Å². The van der Waals surface area contributed by atoms with Crippen LogP contribution in [0.15, 0.2) is 0 Å². The number of carbonyl (C=O) groups excluding carboxylic acids is 1. The minimum atomic E-state index is -1.00. The van der Waals surface area contributed by atoms with Gasteiger partial charge in [0.05, 0.1) is 0 Å². The summed E-state index contributed by atoms with van der Waals surface area (Å²) in [5.74, 6) is -1.14. The van der Waals surface area contributed by atoms with Crippen LogP contribution in [0.1, 0.15) is 40.0 Å². The number of carboxylic acid groups (broad SMARTS) is 1. The zero-order chi connectivity index (χ0) is 15.1. The number of amides is 2. The molecular weight excluding hydrogens is 258 g/mol. The van der Waals surface area contributed by atoms with E-state index in [1.807, 2.05) is 0 Å². The maximum Gasteiger partial charge on any atom is 0.326 e. The summed E-state index contributed by atoms with van der Waals surface area (Å²) in [7, 11) is 0. The molecular formula is C14H27N3O3. The predicted octanol–water partition coefficient (Wildman–Crippen LogP) is 1.27. The Morgan fingerprint density at radius 3 is 2.25 bits per heavy atom. The molecule has 0 radical (unpaired) electrons. The number of rotatable bonds is 6. The van der Waals surface area contributed by atoms with Crippen LogP contribution in [0.4, 0.5) is 4.79 Å². The molecule has 2 amide bonds. The third kappa shape index (κ3) is 5.36. The van der Waals surface area contributed by atoms with Gasteiger partial charge in [-0.3, -0.25) is 4.90 Å². The normalized spacial score (nSPS) is 19.4. The molecule has 1 saturated heterocycles. The fourth-order valence-electron chi connectivity index (χ4n) is 2.43. The molecule has 6 nitrogen and oxygen atoms in total. The first kappa shape index (κ1) is 16.8. The quantitative estimate of drug-likeness (QED) is 0.686. The van der Waals surface area contributed by atoms with Gasteiger partial charge in [0, 0.05) is 12.6 Å². The van der Waals surface area contributed by atoms with Gasteiger partial charge in [-0.1, -0.05) is 20.3 Å². The first-order valence-electron chi connectivity index (χ1n) is 7.43. The average Bonchev–Trinajstić information content (AvgIpc) is 2.42. The van der Waals surface area contributed by atoms with Crippen LogP contribution in [0.25, 0.3) is 0 Å². The van der Waals surface area contributed by atoms with E-state index in [2.05, 4.69) is 22.5 Å². The number of hydrogen-bond donors (Lipinski definition) is 3. The summed E-state index contributed by atoms with van der Waals surface area (Å²) < 4.78 is 0. The Kier molecular flexibility index (Phi) is 6.78. The lowest BCUT2D eigenvalue weighted by Gasteiger charge is -2.32. The minimum Gasteiger partial charge on any atom is -0.480 e. The summed E-state index contributed by atoms with van der Waals surface area (Å²) in [4.78, 5) is 25.1. The molecule has 0 aromatic heterocycles. The topological polar surface area (TPSA) is 81.7 Å². The van der Waals surface area contributed by atoms with Crippen molar-refractivity contribution >= 4 is 12.0 Å². The highest BCUT2D eigenvalue weighted by Crippen LogP contribution is 2.11. The van der Waals surface area contributed by atoms with Gasteiger partial charge in [-0.15, -0.1) is 0 Å². The van der Waals surface area contributed by atoms with Gasteiger partial charge >= 0.3 is 12.0 Å². The minimum absolute atomic E-state index is 0.141. The molecule has 1 heterocycles. The smallest absolute Gasteiger partial charge is 0.326 e. The van der Waals surface area contributed by atoms with Crippen LogP contribution in [-0.2, 0) is 4.79 Å². The summed E-state index contributed by atoms with van der Waals surface area (Å²) in [6, 6.07) is -0.973. The van der Waals surface area contributed by atoms with Gasteiger partial charge in [-0.2, -0.15) is 0 Å². The third-order valence-electron chi connectivity index (χ3n) is 3.79. The second-order valence-electron chi connectivity index (χ2n) is 5.86. The van der Waals surface area contributed by atoms with Crippen molar-refractivity contribution in [2.45, 2.75) is 52.1 Å². The van der Waals surface area contributed by atoms with Crippen molar-refractivity contribution in [3.63, 3.8) is 0 Å². The Morgan fingerprint density at radius 2 is 1.75 bits per heavy atom. The fraction of sp³-hybridized carbons (Fsp3) is 0.857. The summed E-state index contributed by atoms with van der Waals surface area (Å²) >= 11 is 0. The van der Waals surface area contributed by atoms with Gasteiger partial charge in [-0.25, -0.2) is 9.59 Å². The lowest BCUT2D eigenvalue weighted by molar-refractivity contribution is -0.140. The molecule has 116 valence electrons. The lowest BCUT2D eigenvalue weighted by atomic mass is 10.1. The largest absolute Gasteiger partial charge is 0.480 e. The highest BCUT2D eigenvalue weighted by atomic mass is 16.4. The summed E-state index contributed by atoms with van der Waals surface area (Å²) in [6.45, 7) is 8.33. The third-order valence-corrected chi connectivity index (χ3v) is 3.79. The maximum atomic E-state index is 11.7. The zero-order valence-electron chi connectivity index (χ0n) is 12.7. The number of piperidine rings is 1. The van der Waals surface area contributed by atoms with Crippen molar-refractivity contribution in [1.82, 2.24) is 15.5 Å². The SMILES string of the molecule is CC(C)[C@@H](NC(=O)NCC(C)N1CCCCC1)C(=O)O. The molecule has 2 atom stereocenters. The van der Waals surface area contributed by atoms with Crippen molar-refractivity contribution in [3.05, 3.63) is 0 Å². The zero-order valence-corrected chi connectivity index (χ0v) is 12.7. The number of urea groups is 1. The van der Waals surface area contributed by atoms with E-state index in [4.69, 9.17) is 5.11 Å². The van der Waals surface area contributed by atoms with E-state index in [1.54, 1.807) is 13.8 Å². The highest BCUT2D eigenvalue weighted by molar-refractivity contribution is 5.82. The fourth-order valence-corrected chi connectivity index (χ4v) is 2.43. The Hall–Kier alpha value is -1.30. The number of nitrogens with zero attached hydrogens (tertiary/aromatic N) is 1. The second kappa shape index (κ2) is 8.09. The Balaban J connectivity index is 2.32. The van der Waals surface area contributed by atoms with Crippen molar-refractivity contribution in [2.24, 2.45) is 5.92 Å². The summed E-state index contributed by atoms with van der Waals surface area (Å²) in [5, 5.41) is 14.3. The Bertz CT molecular complexity index is 328. The molecule has 20 heavy (non-hydrogen) atoms. The first-order chi connectivity index (χ1) is 9.41. The number of hydrogen-bond acceptors (Lipinski definition) is 3. The van der Waals surface area contributed by atoms with Crippen LogP contribution < -0.4 is 10.6 Å². The molecule has 1 aliphatic rings. The number of likely N-dealkylation sites (tertiary alicyclic amines) is 1. The predicted molar refractivity (Wildman–Crippen MR) is 77.7 cm³/mol. The Labute approximate surface area is 120 Å². The monoisotopic (exact) mass is 285 g/mol. The van der Waals surface area contributed by atoms with Crippen LogP contribution in [-0.4, -0.2) is 53.7 Å². The van der Waals surface area contributed by atoms with E-state index in [9.17, 15) is 9.59 Å². The van der Waals surface area contributed by atoms with Gasteiger partial charge in [0.1, 0.15) is 6.04 Å². The Morgan fingerprint density at radius 1 is 1.15 bits per heavy atom. The number of carboxylic acids is 1. The van der Waals surface area contributed by atoms with Gasteiger partial charge in [0.2, 0.25) is 0 Å². The van der Waals surface area contributed by atoms with Gasteiger partial charge < -0.3 is 15.7 Å². The van der Waals surface area contributed by atoms with E-state index in [-0.39, 0.29) is 12.0 Å². The van der Waals surface area contributed by atoms with E-state index >= 15 is 0 Å². The molecule has 6 heteroatoms. The standard InChI is InChI=1S/C14H27N3O3/c1-10(2)12(13(18)19)16-14(20)15-9-11(3)17-7-5-4-6-8-17/h10-12H,4-9H2,1-3H3,(H,18,19)(H2,15,16,20)/t11?,12-/m1/s1. The van der Waals surface area contributed by atoms with Gasteiger partial charge in [0.15, 0.2) is 0 Å². The average molecular weight is 285 g/mol. The van der Waals surface area contributed by atoms with Crippen molar-refractivity contribution in [2.75, 3.05) is 19.6 Å². The lowest BCUT2D eigenvalue weighted by Crippen LogP contribution is -2.51. The van der Waals surface area contributed by atoms with Gasteiger partial charge in [0.25, 0.3) is 0 Å². The van der Waals surface area contributed by atoms with Crippen LogP contribution in [0.5, 0.6) is 0 Å². The molecule has 0 spiro atoms. The molecule has 1 unspecified atom stereocenters. The molecule has 1 aliphatic heterocycles.